The number of aromatic nitrogens is 2. The van der Waals surface area contributed by atoms with Crippen molar-refractivity contribution >= 4 is 5.82 Å². The van der Waals surface area contributed by atoms with Gasteiger partial charge in [-0.1, -0.05) is 30.3 Å². The average Bonchev–Trinajstić information content (AvgIpc) is 3.22. The van der Waals surface area contributed by atoms with Crippen LogP contribution in [0.3, 0.4) is 0 Å². The first-order chi connectivity index (χ1) is 12.8. The molecule has 1 N–H and O–H groups in total. The smallest absolute Gasteiger partial charge is 0.252 e. The summed E-state index contributed by atoms with van der Waals surface area (Å²) in [5, 5.41) is 0. The Labute approximate surface area is 151 Å². The maximum absolute atomic E-state index is 11.5. The van der Waals surface area contributed by atoms with E-state index in [0.29, 0.717) is 0 Å². The van der Waals surface area contributed by atoms with Crippen LogP contribution in [-0.2, 0) is 15.9 Å². The van der Waals surface area contributed by atoms with E-state index < -0.39 is 0 Å². The summed E-state index contributed by atoms with van der Waals surface area (Å²) in [6.07, 6.45) is 4.06. The third kappa shape index (κ3) is 3.72. The minimum absolute atomic E-state index is 0.124. The number of ether oxygens (including phenoxy) is 2. The average molecular weight is 354 g/mol. The van der Waals surface area contributed by atoms with Crippen LogP contribution in [0.5, 0.6) is 0 Å². The lowest BCUT2D eigenvalue weighted by atomic mass is 10.0. The monoisotopic (exact) mass is 354 g/mol. The van der Waals surface area contributed by atoms with Gasteiger partial charge in [0.25, 0.3) is 5.56 Å². The van der Waals surface area contributed by atoms with Crippen molar-refractivity contribution in [1.29, 1.82) is 0 Å². The molecule has 1 aromatic heterocycles. The highest BCUT2D eigenvalue weighted by Gasteiger charge is 2.30. The number of piperazine rings is 1. The van der Waals surface area contributed by atoms with Crippen molar-refractivity contribution in [2.24, 2.45) is 0 Å². The highest BCUT2D eigenvalue weighted by Crippen LogP contribution is 2.23. The molecule has 0 amide bonds. The van der Waals surface area contributed by atoms with Crippen LogP contribution in [0.1, 0.15) is 5.56 Å². The fourth-order valence-corrected chi connectivity index (χ4v) is 3.47. The lowest BCUT2D eigenvalue weighted by molar-refractivity contribution is 0.0580. The van der Waals surface area contributed by atoms with E-state index in [4.69, 9.17) is 9.47 Å². The Morgan fingerprint density at radius 1 is 1.15 bits per heavy atom. The van der Waals surface area contributed by atoms with Crippen molar-refractivity contribution in [2.75, 3.05) is 37.9 Å². The minimum Gasteiger partial charge on any atom is -0.462 e. The maximum Gasteiger partial charge on any atom is 0.252 e. The number of H-pyrrole nitrogens is 1. The zero-order valence-electron chi connectivity index (χ0n) is 14.5. The molecule has 3 heterocycles. The Morgan fingerprint density at radius 2 is 1.96 bits per heavy atom. The van der Waals surface area contributed by atoms with Crippen molar-refractivity contribution in [3.63, 3.8) is 0 Å². The Kier molecular flexibility index (Phi) is 4.88. The van der Waals surface area contributed by atoms with Gasteiger partial charge >= 0.3 is 0 Å². The summed E-state index contributed by atoms with van der Waals surface area (Å²) in [5.41, 5.74) is 1.15. The first-order valence-corrected chi connectivity index (χ1v) is 8.82. The Balaban J connectivity index is 1.46. The normalized spacial score (nSPS) is 18.8. The molecule has 2 aromatic rings. The fraction of sp³-hybridized carbons (Fsp3) is 0.368. The molecule has 4 rings (SSSR count). The fourth-order valence-electron chi connectivity index (χ4n) is 3.47. The first-order valence-electron chi connectivity index (χ1n) is 8.82. The molecule has 1 aromatic carbocycles. The third-order valence-corrected chi connectivity index (χ3v) is 4.84. The summed E-state index contributed by atoms with van der Waals surface area (Å²) in [7, 11) is 0. The molecule has 26 heavy (non-hydrogen) atoms. The van der Waals surface area contributed by atoms with Gasteiger partial charge in [0.2, 0.25) is 6.79 Å². The van der Waals surface area contributed by atoms with Crippen molar-refractivity contribution in [1.82, 2.24) is 14.9 Å². The van der Waals surface area contributed by atoms with E-state index >= 15 is 0 Å². The number of rotatable bonds is 5. The van der Waals surface area contributed by atoms with Gasteiger partial charge in [-0.05, 0) is 12.0 Å². The lowest BCUT2D eigenvalue weighted by Crippen LogP contribution is -2.52. The van der Waals surface area contributed by atoms with Crippen molar-refractivity contribution < 1.29 is 9.47 Å². The Morgan fingerprint density at radius 3 is 2.65 bits per heavy atom. The van der Waals surface area contributed by atoms with Crippen LogP contribution in [0.4, 0.5) is 5.82 Å². The molecule has 2 aliphatic heterocycles. The van der Waals surface area contributed by atoms with Crippen molar-refractivity contribution in [3.05, 3.63) is 70.7 Å². The Hall–Kier alpha value is -2.80. The molecule has 7 heteroatoms. The van der Waals surface area contributed by atoms with E-state index in [-0.39, 0.29) is 18.4 Å². The van der Waals surface area contributed by atoms with E-state index in [0.717, 1.165) is 44.2 Å². The van der Waals surface area contributed by atoms with Crippen LogP contribution in [0, 0.1) is 0 Å². The van der Waals surface area contributed by atoms with Gasteiger partial charge in [0.1, 0.15) is 12.1 Å². The number of anilines is 1. The van der Waals surface area contributed by atoms with Crippen LogP contribution in [0.15, 0.2) is 59.5 Å². The predicted octanol–water partition coefficient (Wildman–Crippen LogP) is 1.35. The number of nitrogens with zero attached hydrogens (tertiary/aromatic N) is 3. The third-order valence-electron chi connectivity index (χ3n) is 4.84. The van der Waals surface area contributed by atoms with Gasteiger partial charge in [-0.25, -0.2) is 4.98 Å². The van der Waals surface area contributed by atoms with Crippen molar-refractivity contribution in [3.8, 4) is 0 Å². The molecule has 2 aliphatic rings. The molecule has 136 valence electrons. The molecule has 1 unspecified atom stereocenters. The number of nitrogens with one attached hydrogen (secondary N) is 1. The zero-order chi connectivity index (χ0) is 17.8. The summed E-state index contributed by atoms with van der Waals surface area (Å²) in [6, 6.07) is 12.1. The van der Waals surface area contributed by atoms with Crippen LogP contribution >= 0.6 is 0 Å². The number of benzene rings is 1. The van der Waals surface area contributed by atoms with Crippen LogP contribution < -0.4 is 10.5 Å². The predicted molar refractivity (Wildman–Crippen MR) is 97.7 cm³/mol. The van der Waals surface area contributed by atoms with Gasteiger partial charge in [-0.3, -0.25) is 9.69 Å². The highest BCUT2D eigenvalue weighted by molar-refractivity contribution is 5.37. The second-order valence-electron chi connectivity index (χ2n) is 6.45. The van der Waals surface area contributed by atoms with E-state index in [9.17, 15) is 4.79 Å². The molecule has 7 nitrogen and oxygen atoms in total. The lowest BCUT2D eigenvalue weighted by Gasteiger charge is -2.39. The second kappa shape index (κ2) is 7.61. The van der Waals surface area contributed by atoms with Gasteiger partial charge < -0.3 is 19.4 Å². The SMILES string of the molecule is O=c1cc(N2CCN(C(Cc3ccccc3)C3=COCO3)CC2)nc[nH]1. The molecule has 1 fully saturated rings. The number of aromatic amines is 1. The van der Waals surface area contributed by atoms with E-state index in [1.807, 2.05) is 6.07 Å². The quantitative estimate of drug-likeness (QED) is 0.874. The zero-order valence-corrected chi connectivity index (χ0v) is 14.5. The molecule has 0 radical (unpaired) electrons. The molecule has 0 saturated carbocycles. The van der Waals surface area contributed by atoms with Crippen LogP contribution in [0.2, 0.25) is 0 Å². The molecular weight excluding hydrogens is 332 g/mol. The molecule has 0 spiro atoms. The van der Waals surface area contributed by atoms with Crippen LogP contribution in [-0.4, -0.2) is 53.9 Å². The Bertz CT molecular complexity index is 813. The van der Waals surface area contributed by atoms with E-state index in [1.54, 1.807) is 12.3 Å². The standard InChI is InChI=1S/C19H22N4O3/c24-19-11-18(20-13-21-19)23-8-6-22(7-9-23)16(17-12-25-14-26-17)10-15-4-2-1-3-5-15/h1-5,11-13,16H,6-10,14H2,(H,20,21,24). The summed E-state index contributed by atoms with van der Waals surface area (Å²) in [4.78, 5) is 22.9. The van der Waals surface area contributed by atoms with Gasteiger partial charge in [0, 0.05) is 32.2 Å². The highest BCUT2D eigenvalue weighted by atomic mass is 16.7. The summed E-state index contributed by atoms with van der Waals surface area (Å²) in [5.74, 6) is 1.62. The van der Waals surface area contributed by atoms with Crippen LogP contribution in [0.25, 0.3) is 0 Å². The maximum atomic E-state index is 11.5. The molecule has 0 aliphatic carbocycles. The number of hydrogen-bond donors (Lipinski definition) is 1. The van der Waals surface area contributed by atoms with Gasteiger partial charge in [-0.2, -0.15) is 0 Å². The summed E-state index contributed by atoms with van der Waals surface area (Å²) >= 11 is 0. The van der Waals surface area contributed by atoms with Crippen molar-refractivity contribution in [2.45, 2.75) is 12.5 Å². The molecule has 1 atom stereocenters. The van der Waals surface area contributed by atoms with Gasteiger partial charge in [0.15, 0.2) is 5.76 Å². The topological polar surface area (TPSA) is 70.7 Å². The molecular formula is C19H22N4O3. The minimum atomic E-state index is -0.124. The molecule has 0 bridgehead atoms. The molecule has 1 saturated heterocycles. The van der Waals surface area contributed by atoms with E-state index in [2.05, 4.69) is 44.0 Å². The second-order valence-corrected chi connectivity index (χ2v) is 6.45. The van der Waals surface area contributed by atoms with Gasteiger partial charge in [0.05, 0.1) is 12.4 Å². The summed E-state index contributed by atoms with van der Waals surface area (Å²) < 4.78 is 11.0. The first kappa shape index (κ1) is 16.7. The number of hydrogen-bond acceptors (Lipinski definition) is 6. The van der Waals surface area contributed by atoms with Gasteiger partial charge in [-0.15, -0.1) is 0 Å². The summed E-state index contributed by atoms with van der Waals surface area (Å²) in [6.45, 7) is 3.66. The largest absolute Gasteiger partial charge is 0.462 e. The van der Waals surface area contributed by atoms with E-state index in [1.165, 1.54) is 11.9 Å².